The van der Waals surface area contributed by atoms with Crippen molar-refractivity contribution in [3.8, 4) is 17.6 Å². The number of benzene rings is 1. The van der Waals surface area contributed by atoms with E-state index < -0.39 is 24.0 Å². The SMILES string of the molecule is CCOc1cc2c(cc1/C=C/C(=O)OCC(=O)N[C@@](C)(C#N)C(C)C)O[C@H](C)C2. The summed E-state index contributed by atoms with van der Waals surface area (Å²) in [4.78, 5) is 24.0. The summed E-state index contributed by atoms with van der Waals surface area (Å²) in [6, 6.07) is 5.83. The number of nitrogens with zero attached hydrogens (tertiary/aromatic N) is 1. The van der Waals surface area contributed by atoms with E-state index in [0.717, 1.165) is 17.7 Å². The van der Waals surface area contributed by atoms with Gasteiger partial charge in [-0.25, -0.2) is 4.79 Å². The Morgan fingerprint density at radius 1 is 1.45 bits per heavy atom. The number of esters is 1. The molecule has 1 aliphatic heterocycles. The molecule has 1 aromatic carbocycles. The fourth-order valence-corrected chi connectivity index (χ4v) is 2.84. The van der Waals surface area contributed by atoms with Crippen molar-refractivity contribution < 1.29 is 23.8 Å². The minimum Gasteiger partial charge on any atom is -0.493 e. The van der Waals surface area contributed by atoms with Crippen molar-refractivity contribution in [1.29, 1.82) is 5.26 Å². The summed E-state index contributed by atoms with van der Waals surface area (Å²) in [6.45, 7) is 9.20. The third kappa shape index (κ3) is 5.74. The van der Waals surface area contributed by atoms with Gasteiger partial charge in [0.05, 0.1) is 12.7 Å². The van der Waals surface area contributed by atoms with Crippen LogP contribution < -0.4 is 14.8 Å². The second kappa shape index (κ2) is 9.46. The fraction of sp³-hybridized carbons (Fsp3) is 0.500. The molecule has 0 fully saturated rings. The predicted molar refractivity (Wildman–Crippen MR) is 108 cm³/mol. The number of hydrogen-bond acceptors (Lipinski definition) is 6. The second-order valence-corrected chi connectivity index (χ2v) is 7.52. The summed E-state index contributed by atoms with van der Waals surface area (Å²) in [6.07, 6.45) is 3.73. The normalized spacial score (nSPS) is 17.2. The van der Waals surface area contributed by atoms with Crippen LogP contribution in [0.1, 0.15) is 45.7 Å². The number of nitrogens with one attached hydrogen (secondary N) is 1. The Kier molecular flexibility index (Phi) is 7.27. The van der Waals surface area contributed by atoms with Gasteiger partial charge in [0.25, 0.3) is 5.91 Å². The first kappa shape index (κ1) is 22.3. The fourth-order valence-electron chi connectivity index (χ4n) is 2.84. The highest BCUT2D eigenvalue weighted by atomic mass is 16.5. The van der Waals surface area contributed by atoms with E-state index in [1.165, 1.54) is 6.08 Å². The molecule has 1 N–H and O–H groups in total. The Balaban J connectivity index is 2.00. The van der Waals surface area contributed by atoms with E-state index in [2.05, 4.69) is 11.4 Å². The molecule has 7 nitrogen and oxygen atoms in total. The first-order chi connectivity index (χ1) is 13.7. The van der Waals surface area contributed by atoms with Gasteiger partial charge < -0.3 is 19.5 Å². The summed E-state index contributed by atoms with van der Waals surface area (Å²) in [5.74, 6) is 0.152. The van der Waals surface area contributed by atoms with Crippen molar-refractivity contribution in [2.24, 2.45) is 5.92 Å². The highest BCUT2D eigenvalue weighted by molar-refractivity contribution is 5.90. The lowest BCUT2D eigenvalue weighted by molar-refractivity contribution is -0.144. The maximum absolute atomic E-state index is 12.0. The predicted octanol–water partition coefficient (Wildman–Crippen LogP) is 3.02. The number of nitriles is 1. The third-order valence-corrected chi connectivity index (χ3v) is 4.86. The molecule has 0 unspecified atom stereocenters. The first-order valence-corrected chi connectivity index (χ1v) is 9.72. The number of fused-ring (bicyclic) bond motifs is 1. The first-order valence-electron chi connectivity index (χ1n) is 9.72. The molecule has 2 rings (SSSR count). The molecule has 0 aliphatic carbocycles. The topological polar surface area (TPSA) is 97.6 Å². The van der Waals surface area contributed by atoms with Crippen molar-refractivity contribution in [2.45, 2.75) is 52.7 Å². The maximum Gasteiger partial charge on any atom is 0.331 e. The van der Waals surface area contributed by atoms with E-state index in [1.54, 1.807) is 13.0 Å². The lowest BCUT2D eigenvalue weighted by atomic mass is 9.90. The average Bonchev–Trinajstić information content (AvgIpc) is 3.03. The molecule has 0 aromatic heterocycles. The van der Waals surface area contributed by atoms with Gasteiger partial charge in [-0.15, -0.1) is 0 Å². The number of carbonyl (C=O) groups is 2. The largest absolute Gasteiger partial charge is 0.493 e. The quantitative estimate of drug-likeness (QED) is 0.532. The average molecular weight is 400 g/mol. The van der Waals surface area contributed by atoms with Gasteiger partial charge in [0.1, 0.15) is 23.1 Å². The summed E-state index contributed by atoms with van der Waals surface area (Å²) in [5, 5.41) is 11.8. The minimum atomic E-state index is -1.02. The number of amides is 1. The molecule has 0 saturated carbocycles. The van der Waals surface area contributed by atoms with Crippen LogP contribution in [0, 0.1) is 17.2 Å². The van der Waals surface area contributed by atoms with Gasteiger partial charge in [0.2, 0.25) is 0 Å². The van der Waals surface area contributed by atoms with Crippen molar-refractivity contribution in [1.82, 2.24) is 5.32 Å². The smallest absolute Gasteiger partial charge is 0.331 e. The van der Waals surface area contributed by atoms with E-state index in [1.807, 2.05) is 39.8 Å². The zero-order valence-electron chi connectivity index (χ0n) is 17.6. The van der Waals surface area contributed by atoms with E-state index in [-0.39, 0.29) is 12.0 Å². The number of ether oxygens (including phenoxy) is 3. The summed E-state index contributed by atoms with van der Waals surface area (Å²) in [5.41, 5.74) is 0.744. The molecule has 0 saturated heterocycles. The molecule has 156 valence electrons. The Hall–Kier alpha value is -3.01. The molecule has 0 radical (unpaired) electrons. The van der Waals surface area contributed by atoms with Crippen LogP contribution in [0.4, 0.5) is 0 Å². The van der Waals surface area contributed by atoms with E-state index in [9.17, 15) is 14.9 Å². The Labute approximate surface area is 171 Å². The number of carbonyl (C=O) groups excluding carboxylic acids is 2. The minimum absolute atomic E-state index is 0.0891. The Bertz CT molecular complexity index is 840. The van der Waals surface area contributed by atoms with E-state index >= 15 is 0 Å². The van der Waals surface area contributed by atoms with E-state index in [0.29, 0.717) is 17.9 Å². The van der Waals surface area contributed by atoms with Crippen molar-refractivity contribution in [2.75, 3.05) is 13.2 Å². The van der Waals surface area contributed by atoms with Gasteiger partial charge in [-0.1, -0.05) is 13.8 Å². The molecule has 1 amide bonds. The highest BCUT2D eigenvalue weighted by Gasteiger charge is 2.30. The molecule has 0 spiro atoms. The van der Waals surface area contributed by atoms with Crippen LogP contribution in [0.15, 0.2) is 18.2 Å². The molecule has 1 aliphatic rings. The molecule has 2 atom stereocenters. The summed E-state index contributed by atoms with van der Waals surface area (Å²) in [7, 11) is 0. The van der Waals surface area contributed by atoms with Gasteiger partial charge in [-0.05, 0) is 44.9 Å². The molecule has 1 aromatic rings. The zero-order chi connectivity index (χ0) is 21.6. The zero-order valence-corrected chi connectivity index (χ0v) is 17.6. The van der Waals surface area contributed by atoms with Crippen molar-refractivity contribution in [3.63, 3.8) is 0 Å². The van der Waals surface area contributed by atoms with Gasteiger partial charge in [0, 0.05) is 23.6 Å². The lowest BCUT2D eigenvalue weighted by Crippen LogP contribution is -2.50. The summed E-state index contributed by atoms with van der Waals surface area (Å²) >= 11 is 0. The standard InChI is InChI=1S/C22H28N2O5/c1-6-27-18-11-17-9-15(4)29-19(17)10-16(18)7-8-21(26)28-12-20(25)24-22(5,13-23)14(2)3/h7-8,10-11,14-15H,6,9,12H2,1-5H3,(H,24,25)/b8-7+/t15-,22+/m1/s1. The lowest BCUT2D eigenvalue weighted by Gasteiger charge is -2.27. The molecular weight excluding hydrogens is 372 g/mol. The monoisotopic (exact) mass is 400 g/mol. The second-order valence-electron chi connectivity index (χ2n) is 7.52. The van der Waals surface area contributed by atoms with Gasteiger partial charge in [-0.3, -0.25) is 4.79 Å². The van der Waals surface area contributed by atoms with Crippen LogP contribution in [0.3, 0.4) is 0 Å². The molecular formula is C22H28N2O5. The van der Waals surface area contributed by atoms with Crippen LogP contribution in [-0.4, -0.2) is 36.7 Å². The van der Waals surface area contributed by atoms with Crippen LogP contribution >= 0.6 is 0 Å². The Morgan fingerprint density at radius 3 is 2.79 bits per heavy atom. The molecule has 29 heavy (non-hydrogen) atoms. The summed E-state index contributed by atoms with van der Waals surface area (Å²) < 4.78 is 16.4. The van der Waals surface area contributed by atoms with Crippen molar-refractivity contribution in [3.05, 3.63) is 29.3 Å². The highest BCUT2D eigenvalue weighted by Crippen LogP contribution is 2.35. The van der Waals surface area contributed by atoms with Gasteiger partial charge >= 0.3 is 5.97 Å². The van der Waals surface area contributed by atoms with E-state index in [4.69, 9.17) is 14.2 Å². The van der Waals surface area contributed by atoms with Gasteiger partial charge in [0.15, 0.2) is 6.61 Å². The van der Waals surface area contributed by atoms with Crippen LogP contribution in [0.25, 0.3) is 6.08 Å². The van der Waals surface area contributed by atoms with Crippen LogP contribution in [0.5, 0.6) is 11.5 Å². The number of rotatable bonds is 8. The third-order valence-electron chi connectivity index (χ3n) is 4.86. The molecule has 1 heterocycles. The van der Waals surface area contributed by atoms with Gasteiger partial charge in [-0.2, -0.15) is 5.26 Å². The Morgan fingerprint density at radius 2 is 2.17 bits per heavy atom. The molecule has 7 heteroatoms. The number of hydrogen-bond donors (Lipinski definition) is 1. The maximum atomic E-state index is 12.0. The van der Waals surface area contributed by atoms with Crippen LogP contribution in [-0.2, 0) is 20.7 Å². The van der Waals surface area contributed by atoms with Crippen molar-refractivity contribution >= 4 is 18.0 Å². The van der Waals surface area contributed by atoms with Crippen LogP contribution in [0.2, 0.25) is 0 Å². The molecule has 0 bridgehead atoms.